The molecule has 0 aliphatic heterocycles. The highest BCUT2D eigenvalue weighted by Gasteiger charge is 2.34. The van der Waals surface area contributed by atoms with Crippen LogP contribution >= 0.6 is 7.60 Å². The molecule has 0 aliphatic carbocycles. The van der Waals surface area contributed by atoms with Crippen LogP contribution in [0.4, 0.5) is 0 Å². The highest BCUT2D eigenvalue weighted by Crippen LogP contribution is 2.48. The molecule has 7 nitrogen and oxygen atoms in total. The van der Waals surface area contributed by atoms with Crippen molar-refractivity contribution in [2.45, 2.75) is 19.9 Å². The molecule has 0 aromatic heterocycles. The van der Waals surface area contributed by atoms with Gasteiger partial charge in [-0.25, -0.2) is 4.79 Å². The number of carbonyl (C=O) groups excluding carboxylic acids is 2. The maximum absolute atomic E-state index is 12.7. The van der Waals surface area contributed by atoms with Gasteiger partial charge in [0.1, 0.15) is 12.6 Å². The summed E-state index contributed by atoms with van der Waals surface area (Å²) in [6.07, 6.45) is 1.09. The van der Waals surface area contributed by atoms with E-state index in [-0.39, 0.29) is 26.0 Å². The normalized spacial score (nSPS) is 12.2. The van der Waals surface area contributed by atoms with E-state index >= 15 is 0 Å². The number of nitrogens with one attached hydrogen (secondary N) is 1. The number of carbonyl (C=O) groups is 2. The van der Waals surface area contributed by atoms with E-state index in [0.29, 0.717) is 5.56 Å². The molecule has 0 saturated heterocycles. The number of rotatable bonds is 11. The van der Waals surface area contributed by atoms with Crippen LogP contribution in [0, 0.1) is 0 Å². The van der Waals surface area contributed by atoms with Crippen LogP contribution in [0.15, 0.2) is 43.0 Å². The molecule has 0 aliphatic rings. The van der Waals surface area contributed by atoms with E-state index in [2.05, 4.69) is 11.9 Å². The van der Waals surface area contributed by atoms with E-state index in [9.17, 15) is 14.2 Å². The predicted octanol–water partition coefficient (Wildman–Crippen LogP) is 2.78. The summed E-state index contributed by atoms with van der Waals surface area (Å²) in [6.45, 7) is 7.08. The first-order valence-electron chi connectivity index (χ1n) is 7.97. The van der Waals surface area contributed by atoms with Gasteiger partial charge in [0, 0.05) is 5.56 Å². The molecule has 0 bridgehead atoms. The lowest BCUT2D eigenvalue weighted by Gasteiger charge is -2.23. The first-order chi connectivity index (χ1) is 12.0. The van der Waals surface area contributed by atoms with Crippen molar-refractivity contribution >= 4 is 19.5 Å². The van der Waals surface area contributed by atoms with Crippen molar-refractivity contribution in [2.75, 3.05) is 26.0 Å². The smallest absolute Gasteiger partial charge is 0.333 e. The summed E-state index contributed by atoms with van der Waals surface area (Å²) in [5.41, 5.74) is 0.367. The molecule has 1 aromatic carbocycles. The molecule has 0 radical (unpaired) electrons. The molecule has 8 heteroatoms. The van der Waals surface area contributed by atoms with Crippen LogP contribution in [0.1, 0.15) is 24.2 Å². The van der Waals surface area contributed by atoms with E-state index < -0.39 is 25.5 Å². The maximum atomic E-state index is 12.7. The molecule has 25 heavy (non-hydrogen) atoms. The summed E-state index contributed by atoms with van der Waals surface area (Å²) in [5.74, 6) is -1.22. The Morgan fingerprint density at radius 3 is 2.32 bits per heavy atom. The standard InChI is InChI=1S/C17H24NO6P/c1-4-12-22-17(20)15(13-25(21,23-5-2)24-6-3)18-16(19)14-10-8-7-9-11-14/h4,7-11,15H,1,5-6,12-13H2,2-3H3,(H,18,19)/t15-/m1/s1. The summed E-state index contributed by atoms with van der Waals surface area (Å²) in [4.78, 5) is 24.6. The molecular formula is C17H24NO6P. The fourth-order valence-corrected chi connectivity index (χ4v) is 3.77. The Morgan fingerprint density at radius 2 is 1.80 bits per heavy atom. The first-order valence-corrected chi connectivity index (χ1v) is 9.70. The molecular weight excluding hydrogens is 345 g/mol. The zero-order valence-corrected chi connectivity index (χ0v) is 15.4. The minimum absolute atomic E-state index is 0.0237. The van der Waals surface area contributed by atoms with E-state index in [0.717, 1.165) is 0 Å². The average molecular weight is 369 g/mol. The lowest BCUT2D eigenvalue weighted by Crippen LogP contribution is -2.44. The van der Waals surface area contributed by atoms with Gasteiger partial charge in [-0.1, -0.05) is 30.9 Å². The van der Waals surface area contributed by atoms with Gasteiger partial charge in [0.2, 0.25) is 0 Å². The van der Waals surface area contributed by atoms with Gasteiger partial charge in [0.25, 0.3) is 5.91 Å². The maximum Gasteiger partial charge on any atom is 0.333 e. The Labute approximate surface area is 147 Å². The molecule has 0 unspecified atom stereocenters. The molecule has 1 atom stereocenters. The zero-order valence-electron chi connectivity index (χ0n) is 14.5. The van der Waals surface area contributed by atoms with Gasteiger partial charge < -0.3 is 19.1 Å². The van der Waals surface area contributed by atoms with Gasteiger partial charge in [0.15, 0.2) is 0 Å². The van der Waals surface area contributed by atoms with Crippen LogP contribution in [0.3, 0.4) is 0 Å². The molecule has 1 amide bonds. The van der Waals surface area contributed by atoms with Crippen molar-refractivity contribution in [1.29, 1.82) is 0 Å². The van der Waals surface area contributed by atoms with E-state index in [1.165, 1.54) is 6.08 Å². The van der Waals surface area contributed by atoms with Crippen LogP contribution in [0.2, 0.25) is 0 Å². The van der Waals surface area contributed by atoms with E-state index in [1.54, 1.807) is 44.2 Å². The lowest BCUT2D eigenvalue weighted by atomic mass is 10.2. The summed E-state index contributed by atoms with van der Waals surface area (Å²) >= 11 is 0. The van der Waals surface area contributed by atoms with Gasteiger partial charge in [0.05, 0.1) is 19.4 Å². The van der Waals surface area contributed by atoms with Crippen LogP contribution in [-0.4, -0.2) is 43.9 Å². The lowest BCUT2D eigenvalue weighted by molar-refractivity contribution is -0.144. The molecule has 0 fully saturated rings. The molecule has 0 heterocycles. The second-order valence-electron chi connectivity index (χ2n) is 4.94. The number of amides is 1. The van der Waals surface area contributed by atoms with Gasteiger partial charge in [-0.15, -0.1) is 0 Å². The molecule has 0 saturated carbocycles. The van der Waals surface area contributed by atoms with Crippen molar-refractivity contribution in [2.24, 2.45) is 0 Å². The van der Waals surface area contributed by atoms with Crippen molar-refractivity contribution in [1.82, 2.24) is 5.32 Å². The number of hydrogen-bond acceptors (Lipinski definition) is 6. The highest BCUT2D eigenvalue weighted by molar-refractivity contribution is 7.54. The topological polar surface area (TPSA) is 90.9 Å². The summed E-state index contributed by atoms with van der Waals surface area (Å²) < 4.78 is 28.1. The van der Waals surface area contributed by atoms with Crippen LogP contribution in [0.5, 0.6) is 0 Å². The van der Waals surface area contributed by atoms with Crippen molar-refractivity contribution < 1.29 is 27.9 Å². The Balaban J connectivity index is 2.95. The van der Waals surface area contributed by atoms with E-state index in [1.807, 2.05) is 0 Å². The average Bonchev–Trinajstić information content (AvgIpc) is 2.60. The van der Waals surface area contributed by atoms with Crippen molar-refractivity contribution in [3.8, 4) is 0 Å². The predicted molar refractivity (Wildman–Crippen MR) is 94.6 cm³/mol. The number of esters is 1. The van der Waals surface area contributed by atoms with Gasteiger partial charge in [-0.05, 0) is 26.0 Å². The van der Waals surface area contributed by atoms with Crippen molar-refractivity contribution in [3.05, 3.63) is 48.6 Å². The zero-order chi connectivity index (χ0) is 18.7. The summed E-state index contributed by atoms with van der Waals surface area (Å²) in [7, 11) is -3.55. The highest BCUT2D eigenvalue weighted by atomic mass is 31.2. The van der Waals surface area contributed by atoms with Crippen LogP contribution in [0.25, 0.3) is 0 Å². The van der Waals surface area contributed by atoms with E-state index in [4.69, 9.17) is 13.8 Å². The number of hydrogen-bond donors (Lipinski definition) is 1. The second-order valence-corrected chi connectivity index (χ2v) is 7.04. The molecule has 1 N–H and O–H groups in total. The first kappa shape index (κ1) is 21.1. The SMILES string of the molecule is C=CCOC(=O)[C@@H](CP(=O)(OCC)OCC)NC(=O)c1ccccc1. The second kappa shape index (κ2) is 10.8. The third-order valence-corrected chi connectivity index (χ3v) is 5.14. The number of benzene rings is 1. The van der Waals surface area contributed by atoms with Crippen LogP contribution < -0.4 is 5.32 Å². The minimum atomic E-state index is -3.55. The Morgan fingerprint density at radius 1 is 1.20 bits per heavy atom. The Hall–Kier alpha value is -1.95. The van der Waals surface area contributed by atoms with Gasteiger partial charge in [-0.2, -0.15) is 0 Å². The molecule has 138 valence electrons. The fourth-order valence-electron chi connectivity index (χ4n) is 2.01. The summed E-state index contributed by atoms with van der Waals surface area (Å²) in [6, 6.07) is 7.20. The monoisotopic (exact) mass is 369 g/mol. The van der Waals surface area contributed by atoms with Crippen LogP contribution in [-0.2, 0) is 23.1 Å². The van der Waals surface area contributed by atoms with Crippen molar-refractivity contribution in [3.63, 3.8) is 0 Å². The quantitative estimate of drug-likeness (QED) is 0.366. The fraction of sp³-hybridized carbons (Fsp3) is 0.412. The molecule has 1 aromatic rings. The third kappa shape index (κ3) is 7.22. The Kier molecular flexibility index (Phi) is 9.13. The minimum Gasteiger partial charge on any atom is -0.460 e. The largest absolute Gasteiger partial charge is 0.460 e. The van der Waals surface area contributed by atoms with Gasteiger partial charge in [-0.3, -0.25) is 9.36 Å². The number of ether oxygens (including phenoxy) is 1. The molecule has 1 rings (SSSR count). The summed E-state index contributed by atoms with van der Waals surface area (Å²) in [5, 5.41) is 2.53. The van der Waals surface area contributed by atoms with Gasteiger partial charge >= 0.3 is 13.6 Å². The third-order valence-electron chi connectivity index (χ3n) is 3.03. The Bertz CT molecular complexity index is 609. The molecule has 0 spiro atoms.